The Bertz CT molecular complexity index is 414. The lowest BCUT2D eigenvalue weighted by molar-refractivity contribution is -0.125. The van der Waals surface area contributed by atoms with Crippen LogP contribution >= 0.6 is 12.2 Å². The molecule has 1 aromatic rings. The van der Waals surface area contributed by atoms with Crippen molar-refractivity contribution in [3.63, 3.8) is 0 Å². The topological polar surface area (TPSA) is 62.4 Å². The Labute approximate surface area is 103 Å². The number of thiocarbonyl (C=S) groups is 1. The summed E-state index contributed by atoms with van der Waals surface area (Å²) < 4.78 is 17.4. The lowest BCUT2D eigenvalue weighted by atomic mass is 10.3. The standard InChI is InChI=1S/C10H12FN3O2S/c1-16-6-9(15)13-14-10(17)12-8-4-2-3-7(11)5-8/h2-5H,6H2,1H3,(H,13,15)(H2,12,14,17). The molecule has 1 aromatic carbocycles. The summed E-state index contributed by atoms with van der Waals surface area (Å²) >= 11 is 4.88. The number of carbonyl (C=O) groups is 1. The molecule has 0 unspecified atom stereocenters. The predicted octanol–water partition coefficient (Wildman–Crippen LogP) is 0.790. The number of hydrogen-bond acceptors (Lipinski definition) is 3. The van der Waals surface area contributed by atoms with Crippen LogP contribution in [0.25, 0.3) is 0 Å². The zero-order chi connectivity index (χ0) is 12.7. The lowest BCUT2D eigenvalue weighted by Crippen LogP contribution is -2.45. The third-order valence-corrected chi connectivity index (χ3v) is 1.88. The summed E-state index contributed by atoms with van der Waals surface area (Å²) in [6, 6.07) is 5.80. The van der Waals surface area contributed by atoms with Gasteiger partial charge >= 0.3 is 0 Å². The Morgan fingerprint density at radius 2 is 2.24 bits per heavy atom. The highest BCUT2D eigenvalue weighted by atomic mass is 32.1. The van der Waals surface area contributed by atoms with Crippen LogP contribution in [0.4, 0.5) is 10.1 Å². The molecule has 1 amide bonds. The zero-order valence-electron chi connectivity index (χ0n) is 9.12. The fourth-order valence-corrected chi connectivity index (χ4v) is 1.19. The quantitative estimate of drug-likeness (QED) is 0.552. The number of hydrogen-bond donors (Lipinski definition) is 3. The van der Waals surface area contributed by atoms with Crippen LogP contribution in [0.2, 0.25) is 0 Å². The highest BCUT2D eigenvalue weighted by Crippen LogP contribution is 2.08. The molecular formula is C10H12FN3O2S. The number of methoxy groups -OCH3 is 1. The molecule has 3 N–H and O–H groups in total. The molecule has 0 aliphatic carbocycles. The summed E-state index contributed by atoms with van der Waals surface area (Å²) in [5, 5.41) is 2.86. The van der Waals surface area contributed by atoms with E-state index in [0.717, 1.165) is 0 Å². The summed E-state index contributed by atoms with van der Waals surface area (Å²) in [6.45, 7) is -0.0738. The number of ether oxygens (including phenoxy) is 1. The third-order valence-electron chi connectivity index (χ3n) is 1.67. The van der Waals surface area contributed by atoms with E-state index in [1.807, 2.05) is 0 Å². The number of amides is 1. The minimum atomic E-state index is -0.374. The highest BCUT2D eigenvalue weighted by molar-refractivity contribution is 7.80. The molecule has 0 atom stereocenters. The van der Waals surface area contributed by atoms with Crippen molar-refractivity contribution in [1.29, 1.82) is 0 Å². The summed E-state index contributed by atoms with van der Waals surface area (Å²) in [4.78, 5) is 11.0. The monoisotopic (exact) mass is 257 g/mol. The van der Waals surface area contributed by atoms with Crippen LogP contribution in [0.15, 0.2) is 24.3 Å². The molecule has 0 fully saturated rings. The first-order valence-corrected chi connectivity index (χ1v) is 5.13. The zero-order valence-corrected chi connectivity index (χ0v) is 9.94. The van der Waals surface area contributed by atoms with Crippen molar-refractivity contribution in [3.8, 4) is 0 Å². The Balaban J connectivity index is 2.37. The number of anilines is 1. The summed E-state index contributed by atoms with van der Waals surface area (Å²) in [5.74, 6) is -0.739. The van der Waals surface area contributed by atoms with Crippen molar-refractivity contribution in [3.05, 3.63) is 30.1 Å². The molecule has 0 radical (unpaired) electrons. The number of halogens is 1. The van der Waals surface area contributed by atoms with Crippen LogP contribution in [0.5, 0.6) is 0 Å². The molecule has 7 heteroatoms. The molecule has 0 aromatic heterocycles. The largest absolute Gasteiger partial charge is 0.375 e. The van der Waals surface area contributed by atoms with E-state index in [9.17, 15) is 9.18 Å². The van der Waals surface area contributed by atoms with Gasteiger partial charge in [-0.05, 0) is 30.4 Å². The molecule has 0 spiro atoms. The molecule has 92 valence electrons. The molecule has 17 heavy (non-hydrogen) atoms. The van der Waals surface area contributed by atoms with Gasteiger partial charge in [-0.1, -0.05) is 6.07 Å². The Morgan fingerprint density at radius 1 is 1.47 bits per heavy atom. The van der Waals surface area contributed by atoms with Gasteiger partial charge in [-0.15, -0.1) is 0 Å². The second-order valence-corrected chi connectivity index (χ2v) is 3.48. The Hall–Kier alpha value is -1.73. The van der Waals surface area contributed by atoms with Crippen LogP contribution in [0, 0.1) is 5.82 Å². The summed E-state index contributed by atoms with van der Waals surface area (Å²) in [7, 11) is 1.41. The molecular weight excluding hydrogens is 245 g/mol. The molecule has 1 rings (SSSR count). The van der Waals surface area contributed by atoms with Crippen molar-refractivity contribution in [2.24, 2.45) is 0 Å². The predicted molar refractivity (Wildman–Crippen MR) is 65.8 cm³/mol. The SMILES string of the molecule is COCC(=O)NNC(=S)Nc1cccc(F)c1. The Morgan fingerprint density at radius 3 is 2.88 bits per heavy atom. The van der Waals surface area contributed by atoms with Gasteiger partial charge in [0, 0.05) is 12.8 Å². The number of rotatable bonds is 3. The minimum Gasteiger partial charge on any atom is -0.375 e. The first-order chi connectivity index (χ1) is 8.11. The van der Waals surface area contributed by atoms with Gasteiger partial charge < -0.3 is 10.1 Å². The molecule has 5 nitrogen and oxygen atoms in total. The summed E-state index contributed by atoms with van der Waals surface area (Å²) in [5.41, 5.74) is 5.25. The first kappa shape index (κ1) is 13.3. The molecule has 0 aliphatic heterocycles. The normalized spacial score (nSPS) is 9.53. The van der Waals surface area contributed by atoms with Gasteiger partial charge in [0.15, 0.2) is 5.11 Å². The molecule has 0 heterocycles. The van der Waals surface area contributed by atoms with Crippen LogP contribution in [-0.4, -0.2) is 24.7 Å². The van der Waals surface area contributed by atoms with Crippen molar-refractivity contribution >= 4 is 28.9 Å². The fraction of sp³-hybridized carbons (Fsp3) is 0.200. The van der Waals surface area contributed by atoms with Crippen LogP contribution in [-0.2, 0) is 9.53 Å². The smallest absolute Gasteiger partial charge is 0.264 e. The number of nitrogens with one attached hydrogen (secondary N) is 3. The fourth-order valence-electron chi connectivity index (χ4n) is 1.02. The maximum Gasteiger partial charge on any atom is 0.264 e. The van der Waals surface area contributed by atoms with Crippen molar-refractivity contribution < 1.29 is 13.9 Å². The minimum absolute atomic E-state index is 0.0738. The van der Waals surface area contributed by atoms with E-state index in [1.54, 1.807) is 12.1 Å². The Kier molecular flexibility index (Phi) is 5.31. The number of hydrazine groups is 1. The van der Waals surface area contributed by atoms with Gasteiger partial charge in [-0.25, -0.2) is 4.39 Å². The van der Waals surface area contributed by atoms with E-state index in [2.05, 4.69) is 20.9 Å². The maximum atomic E-state index is 12.8. The van der Waals surface area contributed by atoms with E-state index in [-0.39, 0.29) is 23.4 Å². The van der Waals surface area contributed by atoms with Crippen LogP contribution in [0.3, 0.4) is 0 Å². The molecule has 0 aliphatic rings. The van der Waals surface area contributed by atoms with E-state index in [4.69, 9.17) is 12.2 Å². The third kappa shape index (κ3) is 5.23. The van der Waals surface area contributed by atoms with Gasteiger partial charge in [-0.3, -0.25) is 15.6 Å². The van der Waals surface area contributed by atoms with Crippen LogP contribution < -0.4 is 16.2 Å². The van der Waals surface area contributed by atoms with E-state index < -0.39 is 0 Å². The van der Waals surface area contributed by atoms with Gasteiger partial charge in [0.1, 0.15) is 12.4 Å². The molecule has 0 saturated heterocycles. The first-order valence-electron chi connectivity index (χ1n) is 4.72. The van der Waals surface area contributed by atoms with Gasteiger partial charge in [0.2, 0.25) is 0 Å². The number of carbonyl (C=O) groups excluding carboxylic acids is 1. The van der Waals surface area contributed by atoms with Crippen molar-refractivity contribution in [2.75, 3.05) is 19.0 Å². The molecule has 0 saturated carbocycles. The maximum absolute atomic E-state index is 12.8. The van der Waals surface area contributed by atoms with Crippen LogP contribution in [0.1, 0.15) is 0 Å². The van der Waals surface area contributed by atoms with Crippen molar-refractivity contribution in [1.82, 2.24) is 10.9 Å². The highest BCUT2D eigenvalue weighted by Gasteiger charge is 2.01. The van der Waals surface area contributed by atoms with Gasteiger partial charge in [0.05, 0.1) is 0 Å². The average Bonchev–Trinajstić information content (AvgIpc) is 2.27. The average molecular weight is 257 g/mol. The van der Waals surface area contributed by atoms with E-state index >= 15 is 0 Å². The van der Waals surface area contributed by atoms with E-state index in [1.165, 1.54) is 19.2 Å². The van der Waals surface area contributed by atoms with Crippen molar-refractivity contribution in [2.45, 2.75) is 0 Å². The summed E-state index contributed by atoms with van der Waals surface area (Å²) in [6.07, 6.45) is 0. The van der Waals surface area contributed by atoms with Gasteiger partial charge in [-0.2, -0.15) is 0 Å². The second kappa shape index (κ2) is 6.77. The van der Waals surface area contributed by atoms with Gasteiger partial charge in [0.25, 0.3) is 5.91 Å². The van der Waals surface area contributed by atoms with E-state index in [0.29, 0.717) is 5.69 Å². The lowest BCUT2D eigenvalue weighted by Gasteiger charge is -2.11. The molecule has 0 bridgehead atoms. The second-order valence-electron chi connectivity index (χ2n) is 3.07. The number of benzene rings is 1.